The van der Waals surface area contributed by atoms with Crippen molar-refractivity contribution in [1.82, 2.24) is 0 Å². The fourth-order valence-corrected chi connectivity index (χ4v) is 0.999. The summed E-state index contributed by atoms with van der Waals surface area (Å²) in [6.45, 7) is 13.2. The SMILES string of the molecule is CCOCCOC(=O)[O-].CC[N+](C)(CC)CC. The van der Waals surface area contributed by atoms with E-state index in [2.05, 4.69) is 32.6 Å². The summed E-state index contributed by atoms with van der Waals surface area (Å²) in [5.74, 6) is 0. The largest absolute Gasteiger partial charge is 0.547 e. The van der Waals surface area contributed by atoms with E-state index >= 15 is 0 Å². The van der Waals surface area contributed by atoms with Gasteiger partial charge in [-0.25, -0.2) is 0 Å². The Morgan fingerprint density at radius 3 is 1.76 bits per heavy atom. The van der Waals surface area contributed by atoms with Gasteiger partial charge in [0.25, 0.3) is 6.16 Å². The molecule has 104 valence electrons. The number of ether oxygens (including phenoxy) is 2. The summed E-state index contributed by atoms with van der Waals surface area (Å²) >= 11 is 0. The summed E-state index contributed by atoms with van der Waals surface area (Å²) < 4.78 is 10.0. The molecule has 0 unspecified atom stereocenters. The van der Waals surface area contributed by atoms with Crippen LogP contribution in [0.2, 0.25) is 0 Å². The zero-order chi connectivity index (χ0) is 13.7. The molecule has 17 heavy (non-hydrogen) atoms. The molecular formula is C12H27NO4. The van der Waals surface area contributed by atoms with Crippen LogP contribution in [-0.4, -0.2) is 57.1 Å². The Labute approximate surface area is 105 Å². The molecular weight excluding hydrogens is 222 g/mol. The number of carbonyl (C=O) groups is 1. The molecule has 0 saturated heterocycles. The van der Waals surface area contributed by atoms with Crippen molar-refractivity contribution in [1.29, 1.82) is 0 Å². The molecule has 0 spiro atoms. The van der Waals surface area contributed by atoms with Crippen LogP contribution < -0.4 is 5.11 Å². The van der Waals surface area contributed by atoms with Gasteiger partial charge in [0.2, 0.25) is 0 Å². The van der Waals surface area contributed by atoms with Crippen LogP contribution in [0, 0.1) is 0 Å². The van der Waals surface area contributed by atoms with Crippen molar-refractivity contribution in [3.8, 4) is 0 Å². The van der Waals surface area contributed by atoms with E-state index in [0.717, 1.165) is 0 Å². The van der Waals surface area contributed by atoms with Crippen molar-refractivity contribution in [2.45, 2.75) is 27.7 Å². The van der Waals surface area contributed by atoms with E-state index in [9.17, 15) is 9.90 Å². The Morgan fingerprint density at radius 1 is 1.06 bits per heavy atom. The molecule has 0 fully saturated rings. The highest BCUT2D eigenvalue weighted by atomic mass is 16.7. The third-order valence-electron chi connectivity index (χ3n) is 2.94. The second-order valence-corrected chi connectivity index (χ2v) is 3.86. The monoisotopic (exact) mass is 249 g/mol. The first-order valence-corrected chi connectivity index (χ1v) is 6.20. The first kappa shape index (κ1) is 18.6. The maximum Gasteiger partial charge on any atom is 0.252 e. The minimum Gasteiger partial charge on any atom is -0.547 e. The summed E-state index contributed by atoms with van der Waals surface area (Å²) in [7, 11) is 2.29. The van der Waals surface area contributed by atoms with Gasteiger partial charge in [-0.2, -0.15) is 0 Å². The van der Waals surface area contributed by atoms with Crippen LogP contribution in [-0.2, 0) is 9.47 Å². The van der Waals surface area contributed by atoms with Crippen molar-refractivity contribution < 1.29 is 23.9 Å². The summed E-state index contributed by atoms with van der Waals surface area (Å²) in [5, 5.41) is 9.57. The smallest absolute Gasteiger partial charge is 0.252 e. The highest BCUT2D eigenvalue weighted by Gasteiger charge is 2.10. The molecule has 0 aliphatic heterocycles. The predicted octanol–water partition coefficient (Wildman–Crippen LogP) is 0.876. The zero-order valence-corrected chi connectivity index (χ0v) is 11.8. The van der Waals surface area contributed by atoms with Crippen LogP contribution in [0.5, 0.6) is 0 Å². The van der Waals surface area contributed by atoms with Crippen molar-refractivity contribution in [3.63, 3.8) is 0 Å². The molecule has 0 aliphatic carbocycles. The van der Waals surface area contributed by atoms with Gasteiger partial charge in [-0.1, -0.05) is 0 Å². The lowest BCUT2D eigenvalue weighted by molar-refractivity contribution is -0.904. The molecule has 0 saturated carbocycles. The first-order chi connectivity index (χ1) is 7.95. The predicted molar refractivity (Wildman–Crippen MR) is 65.6 cm³/mol. The minimum absolute atomic E-state index is 0.0518. The summed E-state index contributed by atoms with van der Waals surface area (Å²) in [4.78, 5) is 9.57. The van der Waals surface area contributed by atoms with E-state index in [-0.39, 0.29) is 6.61 Å². The molecule has 0 aliphatic rings. The number of carboxylic acid groups (broad SMARTS) is 1. The van der Waals surface area contributed by atoms with Gasteiger partial charge in [0.1, 0.15) is 0 Å². The summed E-state index contributed by atoms with van der Waals surface area (Å²) in [6.07, 6.45) is -1.50. The molecule has 0 aromatic heterocycles. The quantitative estimate of drug-likeness (QED) is 0.382. The van der Waals surface area contributed by atoms with Gasteiger partial charge in [0.05, 0.1) is 39.9 Å². The van der Waals surface area contributed by atoms with E-state index in [1.54, 1.807) is 0 Å². The van der Waals surface area contributed by atoms with Crippen molar-refractivity contribution in [3.05, 3.63) is 0 Å². The van der Waals surface area contributed by atoms with Crippen LogP contribution >= 0.6 is 0 Å². The number of rotatable bonds is 7. The van der Waals surface area contributed by atoms with Gasteiger partial charge >= 0.3 is 0 Å². The topological polar surface area (TPSA) is 58.6 Å². The Balaban J connectivity index is 0. The Morgan fingerprint density at radius 2 is 1.53 bits per heavy atom. The lowest BCUT2D eigenvalue weighted by Crippen LogP contribution is -2.42. The first-order valence-electron chi connectivity index (χ1n) is 6.20. The Kier molecular flexibility index (Phi) is 12.7. The molecule has 0 atom stereocenters. The van der Waals surface area contributed by atoms with Crippen LogP contribution in [0.1, 0.15) is 27.7 Å². The van der Waals surface area contributed by atoms with Crippen LogP contribution in [0.25, 0.3) is 0 Å². The number of hydrogen-bond acceptors (Lipinski definition) is 4. The maximum atomic E-state index is 9.57. The molecule has 0 bridgehead atoms. The fraction of sp³-hybridized carbons (Fsp3) is 0.917. The van der Waals surface area contributed by atoms with E-state index in [1.807, 2.05) is 6.92 Å². The van der Waals surface area contributed by atoms with Gasteiger partial charge in [0, 0.05) is 6.61 Å². The molecule has 5 nitrogen and oxygen atoms in total. The lowest BCUT2D eigenvalue weighted by Gasteiger charge is -2.30. The van der Waals surface area contributed by atoms with E-state index in [4.69, 9.17) is 4.74 Å². The highest BCUT2D eigenvalue weighted by Crippen LogP contribution is 1.97. The second kappa shape index (κ2) is 11.7. The molecule has 0 radical (unpaired) electrons. The average Bonchev–Trinajstić information content (AvgIpc) is 2.34. The fourth-order valence-electron chi connectivity index (χ4n) is 0.999. The highest BCUT2D eigenvalue weighted by molar-refractivity contribution is 5.53. The van der Waals surface area contributed by atoms with E-state index in [0.29, 0.717) is 13.2 Å². The molecule has 0 N–H and O–H groups in total. The van der Waals surface area contributed by atoms with E-state index < -0.39 is 6.16 Å². The minimum atomic E-state index is -1.50. The molecule has 0 amide bonds. The average molecular weight is 249 g/mol. The van der Waals surface area contributed by atoms with Crippen LogP contribution in [0.3, 0.4) is 0 Å². The summed E-state index contributed by atoms with van der Waals surface area (Å²) in [6, 6.07) is 0. The molecule has 0 aromatic rings. The molecule has 0 rings (SSSR count). The van der Waals surface area contributed by atoms with Gasteiger partial charge < -0.3 is 23.9 Å². The van der Waals surface area contributed by atoms with Gasteiger partial charge in [-0.05, 0) is 27.7 Å². The van der Waals surface area contributed by atoms with Gasteiger partial charge in [0.15, 0.2) is 0 Å². The molecule has 0 aromatic carbocycles. The zero-order valence-electron chi connectivity index (χ0n) is 11.8. The Bertz CT molecular complexity index is 173. The lowest BCUT2D eigenvalue weighted by atomic mass is 10.4. The van der Waals surface area contributed by atoms with Gasteiger partial charge in [-0.15, -0.1) is 0 Å². The third-order valence-corrected chi connectivity index (χ3v) is 2.94. The standard InChI is InChI=1S/C7H18N.C5H10O4/c1-5-8(4,6-2)7-3;1-2-8-3-4-9-5(6)7/h5-7H2,1-4H3;2-4H2,1H3,(H,6,7)/q+1;/p-1. The normalized spacial score (nSPS) is 10.4. The van der Waals surface area contributed by atoms with E-state index in [1.165, 1.54) is 24.1 Å². The number of carbonyl (C=O) groups excluding carboxylic acids is 1. The number of quaternary nitrogens is 1. The Hall–Kier alpha value is -0.810. The summed E-state index contributed by atoms with van der Waals surface area (Å²) in [5.41, 5.74) is 0. The van der Waals surface area contributed by atoms with Crippen molar-refractivity contribution >= 4 is 6.16 Å². The van der Waals surface area contributed by atoms with Crippen LogP contribution in [0.15, 0.2) is 0 Å². The number of hydrogen-bond donors (Lipinski definition) is 0. The second-order valence-electron chi connectivity index (χ2n) is 3.86. The maximum absolute atomic E-state index is 9.57. The molecule has 5 heteroatoms. The van der Waals surface area contributed by atoms with Gasteiger partial charge in [-0.3, -0.25) is 0 Å². The van der Waals surface area contributed by atoms with Crippen molar-refractivity contribution in [2.75, 3.05) is 46.5 Å². The number of nitrogens with zero attached hydrogens (tertiary/aromatic N) is 1. The molecule has 0 heterocycles. The van der Waals surface area contributed by atoms with Crippen molar-refractivity contribution in [2.24, 2.45) is 0 Å². The van der Waals surface area contributed by atoms with Crippen LogP contribution in [0.4, 0.5) is 4.79 Å². The third kappa shape index (κ3) is 13.1.